The molecule has 1 aromatic carbocycles. The Balaban J connectivity index is 1.84. The van der Waals surface area contributed by atoms with Gasteiger partial charge in [-0.3, -0.25) is 14.4 Å². The Kier molecular flexibility index (Phi) is 5.31. The second-order valence-electron chi connectivity index (χ2n) is 5.59. The molecule has 0 aliphatic heterocycles. The number of carbonyl (C=O) groups excluding carboxylic acids is 3. The zero-order valence-corrected chi connectivity index (χ0v) is 14.0. The summed E-state index contributed by atoms with van der Waals surface area (Å²) in [5, 5.41) is 6.08. The molecule has 2 amide bonds. The highest BCUT2D eigenvalue weighted by atomic mass is 16.5. The molecule has 0 aliphatic carbocycles. The zero-order chi connectivity index (χ0) is 19.2. The maximum atomic E-state index is 12.6. The third-order valence-corrected chi connectivity index (χ3v) is 3.73. The minimum atomic E-state index is -1.15. The second kappa shape index (κ2) is 8.00. The molecule has 0 spiro atoms. The van der Waals surface area contributed by atoms with Crippen LogP contribution in [0.15, 0.2) is 59.5 Å². The van der Waals surface area contributed by atoms with Crippen LogP contribution in [0.3, 0.4) is 0 Å². The average Bonchev–Trinajstić information content (AvgIpc) is 3.18. The Bertz CT molecular complexity index is 956. The van der Waals surface area contributed by atoms with E-state index in [9.17, 15) is 14.4 Å². The number of rotatable bonds is 7. The Hall–Kier alpha value is -3.88. The van der Waals surface area contributed by atoms with Gasteiger partial charge in [0.1, 0.15) is 6.04 Å². The van der Waals surface area contributed by atoms with Crippen molar-refractivity contribution < 1.29 is 18.9 Å². The van der Waals surface area contributed by atoms with E-state index in [1.165, 1.54) is 18.6 Å². The first-order chi connectivity index (χ1) is 13.1. The molecule has 136 valence electrons. The van der Waals surface area contributed by atoms with Crippen LogP contribution < -0.4 is 11.1 Å². The van der Waals surface area contributed by atoms with Gasteiger partial charge in [0, 0.05) is 18.8 Å². The topological polar surface area (TPSA) is 141 Å². The highest BCUT2D eigenvalue weighted by molar-refractivity contribution is 6.38. The summed E-state index contributed by atoms with van der Waals surface area (Å²) in [6.07, 6.45) is 4.41. The average molecular weight is 365 g/mol. The third kappa shape index (κ3) is 4.21. The molecular weight excluding hydrogens is 350 g/mol. The fourth-order valence-electron chi connectivity index (χ4n) is 2.46. The van der Waals surface area contributed by atoms with E-state index in [2.05, 4.69) is 20.4 Å². The van der Waals surface area contributed by atoms with Gasteiger partial charge in [0.15, 0.2) is 5.82 Å². The summed E-state index contributed by atoms with van der Waals surface area (Å²) in [6, 6.07) is 9.39. The summed E-state index contributed by atoms with van der Waals surface area (Å²) in [7, 11) is 0. The molecule has 1 atom stereocenters. The second-order valence-corrected chi connectivity index (χ2v) is 5.59. The van der Waals surface area contributed by atoms with Crippen molar-refractivity contribution >= 4 is 17.6 Å². The van der Waals surface area contributed by atoms with E-state index in [1.807, 2.05) is 6.07 Å². The number of carbonyl (C=O) groups is 3. The molecule has 0 bridgehead atoms. The summed E-state index contributed by atoms with van der Waals surface area (Å²) < 4.78 is 5.00. The lowest BCUT2D eigenvalue weighted by molar-refractivity contribution is -0.137. The number of Topliss-reactive ketones (excluding diaryl/α,β-unsaturated/α-hetero) is 1. The van der Waals surface area contributed by atoms with Crippen LogP contribution in [0, 0.1) is 0 Å². The highest BCUT2D eigenvalue weighted by Gasteiger charge is 2.29. The van der Waals surface area contributed by atoms with Crippen LogP contribution in [0.1, 0.15) is 16.1 Å². The molecule has 0 saturated heterocycles. The van der Waals surface area contributed by atoms with Crippen molar-refractivity contribution in [3.8, 4) is 11.4 Å². The van der Waals surface area contributed by atoms with Gasteiger partial charge in [-0.05, 0) is 11.6 Å². The lowest BCUT2D eigenvalue weighted by Gasteiger charge is -2.15. The van der Waals surface area contributed by atoms with E-state index < -0.39 is 23.6 Å². The number of hydrogen-bond acceptors (Lipinski definition) is 7. The van der Waals surface area contributed by atoms with Crippen LogP contribution in [-0.2, 0) is 16.0 Å². The van der Waals surface area contributed by atoms with Crippen LogP contribution >= 0.6 is 0 Å². The van der Waals surface area contributed by atoms with Gasteiger partial charge < -0.3 is 15.6 Å². The minimum Gasteiger partial charge on any atom is -0.363 e. The van der Waals surface area contributed by atoms with Crippen molar-refractivity contribution in [1.29, 1.82) is 0 Å². The van der Waals surface area contributed by atoms with Gasteiger partial charge in [-0.15, -0.1) is 0 Å². The van der Waals surface area contributed by atoms with Crippen molar-refractivity contribution in [1.82, 2.24) is 20.4 Å². The molecular formula is C18H15N5O4. The van der Waals surface area contributed by atoms with E-state index in [4.69, 9.17) is 10.3 Å². The first-order valence-corrected chi connectivity index (χ1v) is 7.96. The Labute approximate surface area is 153 Å². The number of hydrogen-bond donors (Lipinski definition) is 2. The summed E-state index contributed by atoms with van der Waals surface area (Å²) in [6.45, 7) is 0. The molecule has 0 aliphatic rings. The van der Waals surface area contributed by atoms with Crippen LogP contribution in [0.2, 0.25) is 0 Å². The van der Waals surface area contributed by atoms with Gasteiger partial charge in [0.05, 0.1) is 11.8 Å². The molecule has 27 heavy (non-hydrogen) atoms. The Morgan fingerprint density at radius 1 is 1.07 bits per heavy atom. The number of ketones is 1. The molecule has 3 N–H and O–H groups in total. The normalized spacial score (nSPS) is 11.6. The van der Waals surface area contributed by atoms with Gasteiger partial charge in [-0.25, -0.2) is 9.97 Å². The maximum absolute atomic E-state index is 12.6. The highest BCUT2D eigenvalue weighted by Crippen LogP contribution is 2.19. The van der Waals surface area contributed by atoms with E-state index in [1.54, 1.807) is 30.3 Å². The zero-order valence-electron chi connectivity index (χ0n) is 14.0. The monoisotopic (exact) mass is 365 g/mol. The Morgan fingerprint density at radius 2 is 1.78 bits per heavy atom. The van der Waals surface area contributed by atoms with Crippen molar-refractivity contribution in [2.75, 3.05) is 0 Å². The van der Waals surface area contributed by atoms with Gasteiger partial charge in [-0.1, -0.05) is 35.5 Å². The molecule has 1 unspecified atom stereocenters. The number of primary amides is 1. The molecule has 2 heterocycles. The fourth-order valence-corrected chi connectivity index (χ4v) is 2.46. The summed E-state index contributed by atoms with van der Waals surface area (Å²) in [4.78, 5) is 44.2. The largest absolute Gasteiger partial charge is 0.363 e. The van der Waals surface area contributed by atoms with E-state index >= 15 is 0 Å². The summed E-state index contributed by atoms with van der Waals surface area (Å²) in [5.74, 6) is -2.71. The predicted octanol–water partition coefficient (Wildman–Crippen LogP) is 0.527. The lowest BCUT2D eigenvalue weighted by Crippen LogP contribution is -2.47. The molecule has 9 heteroatoms. The van der Waals surface area contributed by atoms with Crippen LogP contribution in [0.4, 0.5) is 0 Å². The van der Waals surface area contributed by atoms with Crippen molar-refractivity contribution in [2.24, 2.45) is 5.73 Å². The van der Waals surface area contributed by atoms with Gasteiger partial charge in [-0.2, -0.15) is 0 Å². The number of nitrogens with one attached hydrogen (secondary N) is 1. The van der Waals surface area contributed by atoms with Gasteiger partial charge >= 0.3 is 0 Å². The standard InChI is InChI=1S/C18H15N5O4/c19-16(25)14(24)13(9-11-5-2-1-3-6-11)23-18(26)15-12(10-22-27-15)17-20-7-4-8-21-17/h1-8,10,13H,9H2,(H2,19,25)(H,23,26). The quantitative estimate of drug-likeness (QED) is 0.582. The summed E-state index contributed by atoms with van der Waals surface area (Å²) in [5.41, 5.74) is 6.12. The predicted molar refractivity (Wildman–Crippen MR) is 93.1 cm³/mol. The van der Waals surface area contributed by atoms with E-state index in [0.29, 0.717) is 0 Å². The molecule has 3 aromatic rings. The molecule has 3 rings (SSSR count). The molecule has 9 nitrogen and oxygen atoms in total. The van der Waals surface area contributed by atoms with E-state index in [0.717, 1.165) is 5.56 Å². The van der Waals surface area contributed by atoms with Gasteiger partial charge in [0.25, 0.3) is 11.8 Å². The van der Waals surface area contributed by atoms with Crippen molar-refractivity contribution in [3.05, 3.63) is 66.3 Å². The lowest BCUT2D eigenvalue weighted by atomic mass is 10.0. The maximum Gasteiger partial charge on any atom is 0.291 e. The summed E-state index contributed by atoms with van der Waals surface area (Å²) >= 11 is 0. The van der Waals surface area contributed by atoms with Crippen LogP contribution in [0.5, 0.6) is 0 Å². The van der Waals surface area contributed by atoms with Crippen LogP contribution in [0.25, 0.3) is 11.4 Å². The Morgan fingerprint density at radius 3 is 2.44 bits per heavy atom. The molecule has 0 radical (unpaired) electrons. The SMILES string of the molecule is NC(=O)C(=O)C(Cc1ccccc1)NC(=O)c1oncc1-c1ncccn1. The fraction of sp³-hybridized carbons (Fsp3) is 0.111. The molecule has 0 saturated carbocycles. The number of amides is 2. The number of aromatic nitrogens is 3. The smallest absolute Gasteiger partial charge is 0.291 e. The molecule has 2 aromatic heterocycles. The molecule has 0 fully saturated rings. The number of nitrogens with two attached hydrogens (primary N) is 1. The first-order valence-electron chi connectivity index (χ1n) is 7.96. The number of nitrogens with zero attached hydrogens (tertiary/aromatic N) is 3. The van der Waals surface area contributed by atoms with Crippen LogP contribution in [-0.4, -0.2) is 38.8 Å². The third-order valence-electron chi connectivity index (χ3n) is 3.73. The van der Waals surface area contributed by atoms with Crippen molar-refractivity contribution in [3.63, 3.8) is 0 Å². The van der Waals surface area contributed by atoms with Crippen molar-refractivity contribution in [2.45, 2.75) is 12.5 Å². The number of benzene rings is 1. The van der Waals surface area contributed by atoms with E-state index in [-0.39, 0.29) is 23.6 Å². The minimum absolute atomic E-state index is 0.0969. The first kappa shape index (κ1) is 17.9. The van der Waals surface area contributed by atoms with Gasteiger partial charge in [0.2, 0.25) is 11.5 Å².